The SMILES string of the molecule is COc1ccc(NC(=O)Cn2c3cc(=O)n(CCCN4CCOCC4)c(C)c3c(=O)n2-c2nc3ccccc3s2)c(OC)c1. The van der Waals surface area contributed by atoms with E-state index in [0.29, 0.717) is 58.7 Å². The van der Waals surface area contributed by atoms with Crippen LogP contribution in [0.3, 0.4) is 0 Å². The van der Waals surface area contributed by atoms with Gasteiger partial charge in [-0.3, -0.25) is 24.0 Å². The van der Waals surface area contributed by atoms with Gasteiger partial charge in [-0.2, -0.15) is 4.68 Å². The zero-order valence-corrected chi connectivity index (χ0v) is 25.7. The number of carbonyl (C=O) groups is 1. The highest BCUT2D eigenvalue weighted by Gasteiger charge is 2.24. The average molecular weight is 619 g/mol. The van der Waals surface area contributed by atoms with Crippen LogP contribution in [-0.2, 0) is 22.6 Å². The summed E-state index contributed by atoms with van der Waals surface area (Å²) >= 11 is 1.34. The zero-order chi connectivity index (χ0) is 30.8. The summed E-state index contributed by atoms with van der Waals surface area (Å²) in [4.78, 5) is 48.1. The van der Waals surface area contributed by atoms with Crippen molar-refractivity contribution in [1.82, 2.24) is 23.8 Å². The van der Waals surface area contributed by atoms with Crippen LogP contribution in [0.15, 0.2) is 58.1 Å². The smallest absolute Gasteiger partial charge is 0.283 e. The second kappa shape index (κ2) is 12.6. The molecule has 5 aromatic rings. The Morgan fingerprint density at radius 2 is 1.84 bits per heavy atom. The Morgan fingerprint density at radius 3 is 2.59 bits per heavy atom. The molecule has 1 N–H and O–H groups in total. The second-order valence-electron chi connectivity index (χ2n) is 10.5. The first kappa shape index (κ1) is 29.6. The van der Waals surface area contributed by atoms with Crippen molar-refractivity contribution in [3.8, 4) is 16.6 Å². The number of hydrogen-bond donors (Lipinski definition) is 1. The van der Waals surface area contributed by atoms with Gasteiger partial charge in [-0.25, -0.2) is 4.98 Å². The van der Waals surface area contributed by atoms with Gasteiger partial charge in [0.1, 0.15) is 18.0 Å². The Kier molecular flexibility index (Phi) is 8.51. The predicted octanol–water partition coefficient (Wildman–Crippen LogP) is 3.25. The molecule has 3 aromatic heterocycles. The molecule has 0 saturated carbocycles. The van der Waals surface area contributed by atoms with E-state index in [1.807, 2.05) is 24.3 Å². The van der Waals surface area contributed by atoms with E-state index in [4.69, 9.17) is 19.2 Å². The highest BCUT2D eigenvalue weighted by Crippen LogP contribution is 2.30. The minimum absolute atomic E-state index is 0.232. The van der Waals surface area contributed by atoms with Gasteiger partial charge in [0.25, 0.3) is 11.1 Å². The third-order valence-electron chi connectivity index (χ3n) is 7.87. The minimum atomic E-state index is -0.410. The molecule has 2 aromatic carbocycles. The van der Waals surface area contributed by atoms with Crippen LogP contribution in [0, 0.1) is 6.92 Å². The van der Waals surface area contributed by atoms with Crippen LogP contribution in [-0.4, -0.2) is 76.8 Å². The van der Waals surface area contributed by atoms with Gasteiger partial charge >= 0.3 is 0 Å². The highest BCUT2D eigenvalue weighted by molar-refractivity contribution is 7.20. The topological polar surface area (TPSA) is 122 Å². The first-order valence-electron chi connectivity index (χ1n) is 14.4. The Labute approximate surface area is 257 Å². The summed E-state index contributed by atoms with van der Waals surface area (Å²) in [5, 5.41) is 3.66. The first-order valence-corrected chi connectivity index (χ1v) is 15.2. The molecular weight excluding hydrogens is 584 g/mol. The normalized spacial score (nSPS) is 13.9. The van der Waals surface area contributed by atoms with E-state index >= 15 is 0 Å². The summed E-state index contributed by atoms with van der Waals surface area (Å²) in [6.45, 7) is 6.00. The van der Waals surface area contributed by atoms with E-state index in [9.17, 15) is 14.4 Å². The lowest BCUT2D eigenvalue weighted by Crippen LogP contribution is -2.37. The Bertz CT molecular complexity index is 1920. The van der Waals surface area contributed by atoms with Gasteiger partial charge in [-0.15, -0.1) is 0 Å². The van der Waals surface area contributed by atoms with Crippen LogP contribution in [0.5, 0.6) is 11.5 Å². The van der Waals surface area contributed by atoms with Gasteiger partial charge in [-0.1, -0.05) is 23.5 Å². The molecule has 0 radical (unpaired) electrons. The summed E-state index contributed by atoms with van der Waals surface area (Å²) in [6, 6.07) is 14.1. The third kappa shape index (κ3) is 5.73. The maximum atomic E-state index is 14.1. The molecule has 0 spiro atoms. The summed E-state index contributed by atoms with van der Waals surface area (Å²) in [7, 11) is 3.05. The summed E-state index contributed by atoms with van der Waals surface area (Å²) in [5.74, 6) is 0.597. The number of para-hydroxylation sites is 1. The average Bonchev–Trinajstić information content (AvgIpc) is 3.57. The number of ether oxygens (including phenoxy) is 3. The fourth-order valence-corrected chi connectivity index (χ4v) is 6.60. The van der Waals surface area contributed by atoms with E-state index < -0.39 is 5.91 Å². The van der Waals surface area contributed by atoms with Crippen molar-refractivity contribution in [2.45, 2.75) is 26.4 Å². The van der Waals surface area contributed by atoms with E-state index in [2.05, 4.69) is 10.2 Å². The van der Waals surface area contributed by atoms with Crippen LogP contribution in [0.25, 0.3) is 26.3 Å². The maximum Gasteiger partial charge on any atom is 0.283 e. The van der Waals surface area contributed by atoms with Crippen LogP contribution in [0.1, 0.15) is 12.1 Å². The van der Waals surface area contributed by atoms with Crippen LogP contribution < -0.4 is 25.9 Å². The zero-order valence-electron chi connectivity index (χ0n) is 24.9. The number of morpholine rings is 1. The Morgan fingerprint density at radius 1 is 1.05 bits per heavy atom. The molecule has 1 aliphatic rings. The molecule has 4 heterocycles. The van der Waals surface area contributed by atoms with Crippen molar-refractivity contribution in [3.63, 3.8) is 0 Å². The number of aromatic nitrogens is 4. The number of rotatable bonds is 10. The summed E-state index contributed by atoms with van der Waals surface area (Å²) in [6.07, 6.45) is 0.755. The van der Waals surface area contributed by atoms with Crippen LogP contribution >= 0.6 is 11.3 Å². The van der Waals surface area contributed by atoms with Gasteiger partial charge in [0.05, 0.1) is 54.2 Å². The molecule has 44 heavy (non-hydrogen) atoms. The molecular formula is C31H34N6O6S. The number of amides is 1. The third-order valence-corrected chi connectivity index (χ3v) is 8.89. The first-order chi connectivity index (χ1) is 21.4. The number of carbonyl (C=O) groups excluding carboxylic acids is 1. The van der Waals surface area contributed by atoms with Gasteiger partial charge in [0.15, 0.2) is 0 Å². The molecule has 1 saturated heterocycles. The lowest BCUT2D eigenvalue weighted by Gasteiger charge is -2.26. The maximum absolute atomic E-state index is 14.1. The van der Waals surface area contributed by atoms with Gasteiger partial charge in [-0.05, 0) is 37.6 Å². The molecule has 0 atom stereocenters. The predicted molar refractivity (Wildman–Crippen MR) is 170 cm³/mol. The highest BCUT2D eigenvalue weighted by atomic mass is 32.1. The molecule has 0 aliphatic carbocycles. The van der Waals surface area contributed by atoms with E-state index in [1.54, 1.807) is 36.8 Å². The molecule has 6 rings (SSSR count). The molecule has 0 unspecified atom stereocenters. The number of aryl methyl sites for hydroxylation is 1. The van der Waals surface area contributed by atoms with Crippen molar-refractivity contribution in [2.24, 2.45) is 0 Å². The number of anilines is 1. The van der Waals surface area contributed by atoms with Crippen molar-refractivity contribution in [1.29, 1.82) is 0 Å². The molecule has 1 amide bonds. The number of nitrogens with one attached hydrogen (secondary N) is 1. The molecule has 1 aliphatic heterocycles. The van der Waals surface area contributed by atoms with Crippen molar-refractivity contribution >= 4 is 44.1 Å². The number of methoxy groups -OCH3 is 2. The standard InChI is InChI=1S/C31H34N6O6S/c1-20-29-24(18-28(39)35(20)12-6-11-34-13-15-43-16-14-34)36(19-27(38)32-22-10-9-21(41-2)17-25(22)42-3)37(30(29)40)31-33-23-7-4-5-8-26(23)44-31/h4-5,7-10,17-18H,6,11-16,19H2,1-3H3,(H,32,38). The second-order valence-corrected chi connectivity index (χ2v) is 11.5. The number of thiazole rings is 1. The van der Waals surface area contributed by atoms with Crippen molar-refractivity contribution in [3.05, 3.63) is 74.9 Å². The Balaban J connectivity index is 1.40. The van der Waals surface area contributed by atoms with E-state index in [1.165, 1.54) is 33.9 Å². The number of fused-ring (bicyclic) bond motifs is 2. The number of benzene rings is 2. The molecule has 230 valence electrons. The fraction of sp³-hybridized carbons (Fsp3) is 0.355. The minimum Gasteiger partial charge on any atom is -0.497 e. The van der Waals surface area contributed by atoms with E-state index in [-0.39, 0.29) is 17.7 Å². The van der Waals surface area contributed by atoms with Gasteiger partial charge in [0.2, 0.25) is 11.0 Å². The molecule has 0 bridgehead atoms. The monoisotopic (exact) mass is 618 g/mol. The number of pyridine rings is 1. The van der Waals surface area contributed by atoms with Crippen molar-refractivity contribution in [2.75, 3.05) is 52.4 Å². The number of hydrogen-bond acceptors (Lipinski definition) is 9. The largest absolute Gasteiger partial charge is 0.497 e. The molecule has 1 fully saturated rings. The van der Waals surface area contributed by atoms with E-state index in [0.717, 1.165) is 36.3 Å². The Hall–Kier alpha value is -4.46. The fourth-order valence-electron chi connectivity index (χ4n) is 5.62. The van der Waals surface area contributed by atoms with Crippen molar-refractivity contribution < 1.29 is 19.0 Å². The molecule has 13 heteroatoms. The quantitative estimate of drug-likeness (QED) is 0.253. The lowest BCUT2D eigenvalue weighted by molar-refractivity contribution is -0.116. The number of nitrogens with zero attached hydrogens (tertiary/aromatic N) is 5. The summed E-state index contributed by atoms with van der Waals surface area (Å²) in [5.41, 5.74) is 1.55. The van der Waals surface area contributed by atoms with Crippen LogP contribution in [0.2, 0.25) is 0 Å². The van der Waals surface area contributed by atoms with Crippen LogP contribution in [0.4, 0.5) is 5.69 Å². The molecule has 12 nitrogen and oxygen atoms in total. The van der Waals surface area contributed by atoms with Gasteiger partial charge in [0, 0.05) is 44.0 Å². The summed E-state index contributed by atoms with van der Waals surface area (Å²) < 4.78 is 21.6. The van der Waals surface area contributed by atoms with Gasteiger partial charge < -0.3 is 24.1 Å². The lowest BCUT2D eigenvalue weighted by atomic mass is 10.2.